The molecule has 0 atom stereocenters. The lowest BCUT2D eigenvalue weighted by Crippen LogP contribution is -2.09. The zero-order valence-electron chi connectivity index (χ0n) is 14.8. The van der Waals surface area contributed by atoms with Gasteiger partial charge in [-0.3, -0.25) is 14.9 Å². The van der Waals surface area contributed by atoms with Crippen molar-refractivity contribution in [3.63, 3.8) is 0 Å². The van der Waals surface area contributed by atoms with Gasteiger partial charge < -0.3 is 13.7 Å². The van der Waals surface area contributed by atoms with Gasteiger partial charge in [0.2, 0.25) is 11.2 Å². The summed E-state index contributed by atoms with van der Waals surface area (Å²) in [6.45, 7) is 0.553. The van der Waals surface area contributed by atoms with E-state index in [1.54, 1.807) is 12.1 Å². The smallest absolute Gasteiger partial charge is 0.269 e. The van der Waals surface area contributed by atoms with E-state index < -0.39 is 4.92 Å². The summed E-state index contributed by atoms with van der Waals surface area (Å²) in [5.74, 6) is 0.618. The largest absolute Gasteiger partial charge is 0.482 e. The second kappa shape index (κ2) is 7.40. The van der Waals surface area contributed by atoms with E-state index in [0.717, 1.165) is 10.8 Å². The highest BCUT2D eigenvalue weighted by molar-refractivity contribution is 5.82. The maximum atomic E-state index is 12.3. The summed E-state index contributed by atoms with van der Waals surface area (Å²) in [5, 5.41) is 12.9. The lowest BCUT2D eigenvalue weighted by molar-refractivity contribution is -0.384. The quantitative estimate of drug-likeness (QED) is 0.373. The van der Waals surface area contributed by atoms with E-state index in [1.165, 1.54) is 24.5 Å². The van der Waals surface area contributed by atoms with Crippen LogP contribution in [0.4, 0.5) is 5.69 Å². The van der Waals surface area contributed by atoms with Crippen molar-refractivity contribution in [2.24, 2.45) is 0 Å². The molecule has 0 aliphatic heterocycles. The Labute approximate surface area is 159 Å². The zero-order chi connectivity index (χ0) is 19.5. The second-order valence-electron chi connectivity index (χ2n) is 6.35. The predicted molar refractivity (Wildman–Crippen MR) is 103 cm³/mol. The van der Waals surface area contributed by atoms with E-state index in [2.05, 4.69) is 0 Å². The van der Waals surface area contributed by atoms with Crippen LogP contribution in [0.3, 0.4) is 0 Å². The van der Waals surface area contributed by atoms with Gasteiger partial charge in [-0.15, -0.1) is 0 Å². The van der Waals surface area contributed by atoms with Gasteiger partial charge in [0.25, 0.3) is 5.69 Å². The van der Waals surface area contributed by atoms with Gasteiger partial charge >= 0.3 is 0 Å². The summed E-state index contributed by atoms with van der Waals surface area (Å²) in [6, 6.07) is 15.4. The molecule has 0 spiro atoms. The van der Waals surface area contributed by atoms with Crippen LogP contribution in [0.5, 0.6) is 5.75 Å². The van der Waals surface area contributed by atoms with Gasteiger partial charge in [0, 0.05) is 30.6 Å². The van der Waals surface area contributed by atoms with Crippen molar-refractivity contribution in [2.45, 2.75) is 13.2 Å². The molecule has 0 amide bonds. The first kappa shape index (κ1) is 17.5. The number of nitro groups is 1. The molecule has 0 unspecified atom stereocenters. The van der Waals surface area contributed by atoms with Crippen molar-refractivity contribution >= 4 is 16.5 Å². The van der Waals surface area contributed by atoms with Crippen LogP contribution in [-0.4, -0.2) is 9.49 Å². The fraction of sp³-hybridized carbons (Fsp3) is 0.0952. The molecule has 7 heteroatoms. The average Bonchev–Trinajstić information content (AvgIpc) is 3.10. The molecule has 0 saturated carbocycles. The van der Waals surface area contributed by atoms with Crippen LogP contribution in [0.25, 0.3) is 10.8 Å². The maximum Gasteiger partial charge on any atom is 0.269 e. The highest BCUT2D eigenvalue weighted by Crippen LogP contribution is 2.17. The molecule has 4 rings (SSSR count). The summed E-state index contributed by atoms with van der Waals surface area (Å²) >= 11 is 0. The monoisotopic (exact) mass is 376 g/mol. The maximum absolute atomic E-state index is 12.3. The molecule has 4 aromatic rings. The van der Waals surface area contributed by atoms with E-state index in [4.69, 9.17) is 9.15 Å². The number of hydrogen-bond donors (Lipinski definition) is 0. The van der Waals surface area contributed by atoms with E-state index >= 15 is 0 Å². The van der Waals surface area contributed by atoms with E-state index in [9.17, 15) is 14.9 Å². The van der Waals surface area contributed by atoms with Gasteiger partial charge in [0.1, 0.15) is 18.6 Å². The number of ether oxygens (including phenoxy) is 1. The molecule has 2 aromatic heterocycles. The van der Waals surface area contributed by atoms with Crippen LogP contribution >= 0.6 is 0 Å². The molecule has 2 heterocycles. The third-order valence-electron chi connectivity index (χ3n) is 4.34. The van der Waals surface area contributed by atoms with Gasteiger partial charge in [-0.2, -0.15) is 0 Å². The van der Waals surface area contributed by atoms with Gasteiger partial charge in [-0.05, 0) is 28.5 Å². The fourth-order valence-electron chi connectivity index (χ4n) is 2.91. The number of aromatic nitrogens is 1. The van der Waals surface area contributed by atoms with Crippen molar-refractivity contribution in [1.29, 1.82) is 0 Å². The van der Waals surface area contributed by atoms with Crippen LogP contribution in [0.2, 0.25) is 0 Å². The molecule has 0 aliphatic carbocycles. The van der Waals surface area contributed by atoms with Crippen LogP contribution in [0.1, 0.15) is 11.3 Å². The van der Waals surface area contributed by atoms with Gasteiger partial charge in [-0.25, -0.2) is 0 Å². The summed E-state index contributed by atoms with van der Waals surface area (Å²) in [4.78, 5) is 22.5. The Morgan fingerprint density at radius 1 is 1.04 bits per heavy atom. The Morgan fingerprint density at radius 3 is 2.32 bits per heavy atom. The van der Waals surface area contributed by atoms with Crippen LogP contribution in [0.15, 0.2) is 82.5 Å². The molecule has 0 bridgehead atoms. The Bertz CT molecular complexity index is 1160. The Kier molecular flexibility index (Phi) is 4.63. The molecule has 0 aliphatic rings. The standard InChI is InChI=1S/C21H16N2O5/c24-20-9-19(12-22-10-16-3-1-2-4-17(16)11-22)27-14-21(20)28-13-15-5-7-18(8-6-15)23(25)26/h1-11,14H,12-13H2. The minimum absolute atomic E-state index is 0.00490. The number of nitrogens with zero attached hydrogens (tertiary/aromatic N) is 2. The normalized spacial score (nSPS) is 10.9. The molecule has 7 nitrogen and oxygen atoms in total. The number of fused-ring (bicyclic) bond motifs is 1. The van der Waals surface area contributed by atoms with Crippen molar-refractivity contribution in [3.8, 4) is 5.75 Å². The average molecular weight is 376 g/mol. The van der Waals surface area contributed by atoms with E-state index in [0.29, 0.717) is 17.9 Å². The zero-order valence-corrected chi connectivity index (χ0v) is 14.8. The SMILES string of the molecule is O=c1cc(Cn2cc3ccccc3c2)occ1OCc1ccc([N+](=O)[O-])cc1. The molecular formula is C21H16N2O5. The van der Waals surface area contributed by atoms with Gasteiger partial charge in [0.15, 0.2) is 0 Å². The fourth-order valence-corrected chi connectivity index (χ4v) is 2.91. The van der Waals surface area contributed by atoms with Crippen molar-refractivity contribution in [2.75, 3.05) is 0 Å². The molecule has 2 aromatic carbocycles. The molecule has 28 heavy (non-hydrogen) atoms. The first-order valence-corrected chi connectivity index (χ1v) is 8.61. The number of hydrogen-bond acceptors (Lipinski definition) is 5. The molecule has 0 fully saturated rings. The topological polar surface area (TPSA) is 87.5 Å². The molecule has 0 N–H and O–H groups in total. The number of nitro benzene ring substituents is 1. The summed E-state index contributed by atoms with van der Waals surface area (Å²) < 4.78 is 13.0. The highest BCUT2D eigenvalue weighted by Gasteiger charge is 2.08. The molecule has 0 saturated heterocycles. The van der Waals surface area contributed by atoms with Gasteiger partial charge in [0.05, 0.1) is 11.5 Å². The second-order valence-corrected chi connectivity index (χ2v) is 6.35. The highest BCUT2D eigenvalue weighted by atomic mass is 16.6. The minimum atomic E-state index is -0.467. The first-order chi connectivity index (χ1) is 13.6. The minimum Gasteiger partial charge on any atom is -0.482 e. The van der Waals surface area contributed by atoms with Gasteiger partial charge in [-0.1, -0.05) is 24.3 Å². The Hall–Kier alpha value is -3.87. The number of rotatable bonds is 6. The summed E-state index contributed by atoms with van der Waals surface area (Å²) in [6.07, 6.45) is 5.29. The van der Waals surface area contributed by atoms with Crippen molar-refractivity contribution in [3.05, 3.63) is 105 Å². The van der Waals surface area contributed by atoms with Crippen molar-refractivity contribution < 1.29 is 14.1 Å². The predicted octanol–water partition coefficient (Wildman–Crippen LogP) is 4.13. The summed E-state index contributed by atoms with van der Waals surface area (Å²) in [5.41, 5.74) is 0.443. The van der Waals surface area contributed by atoms with Crippen LogP contribution < -0.4 is 10.2 Å². The Morgan fingerprint density at radius 2 is 1.71 bits per heavy atom. The van der Waals surface area contributed by atoms with Crippen molar-refractivity contribution in [1.82, 2.24) is 4.57 Å². The van der Waals surface area contributed by atoms with Crippen LogP contribution in [-0.2, 0) is 13.2 Å². The number of non-ortho nitro benzene ring substituents is 1. The van der Waals surface area contributed by atoms with E-state index in [1.807, 2.05) is 41.2 Å². The Balaban J connectivity index is 1.43. The first-order valence-electron chi connectivity index (χ1n) is 8.61. The third kappa shape index (κ3) is 3.78. The lowest BCUT2D eigenvalue weighted by Gasteiger charge is -2.06. The van der Waals surface area contributed by atoms with Crippen LogP contribution in [0, 0.1) is 10.1 Å². The van der Waals surface area contributed by atoms with E-state index in [-0.39, 0.29) is 23.5 Å². The lowest BCUT2D eigenvalue weighted by atomic mass is 10.2. The molecular weight excluding hydrogens is 360 g/mol. The number of benzene rings is 2. The molecule has 140 valence electrons. The summed E-state index contributed by atoms with van der Waals surface area (Å²) in [7, 11) is 0. The molecule has 0 radical (unpaired) electrons. The third-order valence-corrected chi connectivity index (χ3v) is 4.34.